The Hall–Kier alpha value is -0.340. The summed E-state index contributed by atoms with van der Waals surface area (Å²) < 4.78 is 1.26. The Morgan fingerprint density at radius 1 is 1.27 bits per heavy atom. The van der Waals surface area contributed by atoms with Crippen LogP contribution >= 0.6 is 15.9 Å². The number of halogens is 1. The zero-order valence-electron chi connectivity index (χ0n) is 9.18. The molecule has 0 aromatic heterocycles. The summed E-state index contributed by atoms with van der Waals surface area (Å²) in [5.41, 5.74) is 4.54. The van der Waals surface area contributed by atoms with E-state index in [1.807, 2.05) is 0 Å². The van der Waals surface area contributed by atoms with Crippen molar-refractivity contribution in [3.8, 4) is 0 Å². The number of aryl methyl sites for hydroxylation is 1. The summed E-state index contributed by atoms with van der Waals surface area (Å²) in [6.07, 6.45) is 0. The van der Waals surface area contributed by atoms with Gasteiger partial charge in [-0.1, -0.05) is 28.9 Å². The van der Waals surface area contributed by atoms with Crippen molar-refractivity contribution in [2.45, 2.75) is 25.7 Å². The summed E-state index contributed by atoms with van der Waals surface area (Å²) >= 11 is 3.65. The number of fused-ring (bicyclic) bond motifs is 3. The molecule has 1 aliphatic heterocycles. The molecule has 0 saturated carbocycles. The van der Waals surface area contributed by atoms with Gasteiger partial charge in [0, 0.05) is 16.9 Å². The highest BCUT2D eigenvalue weighted by Gasteiger charge is 2.41. The number of nitrogens with one attached hydrogen (secondary N) is 1. The van der Waals surface area contributed by atoms with Gasteiger partial charge in [-0.05, 0) is 48.1 Å². The molecule has 2 aliphatic rings. The maximum absolute atomic E-state index is 3.65. The lowest BCUT2D eigenvalue weighted by Gasteiger charge is -2.12. The van der Waals surface area contributed by atoms with Crippen molar-refractivity contribution in [2.24, 2.45) is 5.92 Å². The van der Waals surface area contributed by atoms with Crippen LogP contribution < -0.4 is 5.32 Å². The van der Waals surface area contributed by atoms with E-state index in [0.29, 0.717) is 0 Å². The fourth-order valence-corrected chi connectivity index (χ4v) is 3.59. The van der Waals surface area contributed by atoms with Crippen LogP contribution in [0.5, 0.6) is 0 Å². The highest BCUT2D eigenvalue weighted by molar-refractivity contribution is 9.10. The molecule has 0 spiro atoms. The van der Waals surface area contributed by atoms with Crippen LogP contribution in [0.25, 0.3) is 0 Å². The Morgan fingerprint density at radius 2 is 2.07 bits per heavy atom. The van der Waals surface area contributed by atoms with Crippen LogP contribution in [0.1, 0.15) is 35.4 Å². The number of rotatable bonds is 0. The third kappa shape index (κ3) is 1.31. The molecule has 1 aromatic carbocycles. The van der Waals surface area contributed by atoms with E-state index in [9.17, 15) is 0 Å². The maximum atomic E-state index is 3.65. The van der Waals surface area contributed by atoms with E-state index < -0.39 is 0 Å². The van der Waals surface area contributed by atoms with Crippen LogP contribution in [-0.4, -0.2) is 13.1 Å². The maximum Gasteiger partial charge on any atom is 0.0207 e. The van der Waals surface area contributed by atoms with E-state index in [-0.39, 0.29) is 0 Å². The van der Waals surface area contributed by atoms with Gasteiger partial charge < -0.3 is 5.32 Å². The molecule has 80 valence electrons. The molecular formula is C13H16BrN. The third-order valence-electron chi connectivity index (χ3n) is 4.16. The van der Waals surface area contributed by atoms with Crippen LogP contribution in [0.15, 0.2) is 16.6 Å². The first-order valence-electron chi connectivity index (χ1n) is 5.69. The normalized spacial score (nSPS) is 32.9. The van der Waals surface area contributed by atoms with E-state index in [2.05, 4.69) is 47.2 Å². The minimum atomic E-state index is 0.729. The molecule has 2 heteroatoms. The molecule has 1 saturated heterocycles. The second-order valence-electron chi connectivity index (χ2n) is 4.95. The second kappa shape index (κ2) is 3.33. The molecule has 1 nitrogen and oxygen atoms in total. The van der Waals surface area contributed by atoms with Crippen LogP contribution in [0, 0.1) is 12.8 Å². The molecule has 1 fully saturated rings. The van der Waals surface area contributed by atoms with Gasteiger partial charge in [0.1, 0.15) is 0 Å². The number of hydrogen-bond donors (Lipinski definition) is 1. The molecule has 1 heterocycles. The van der Waals surface area contributed by atoms with Gasteiger partial charge in [-0.15, -0.1) is 0 Å². The van der Waals surface area contributed by atoms with Crippen LogP contribution in [0.3, 0.4) is 0 Å². The lowest BCUT2D eigenvalue weighted by Crippen LogP contribution is -2.12. The molecule has 15 heavy (non-hydrogen) atoms. The largest absolute Gasteiger partial charge is 0.316 e. The standard InChI is InChI=1S/C13H16BrN/c1-7-3-9-8(2)11-5-15-6-12(11)10(9)4-13(7)14/h3-4,8,11-12,15H,5-6H2,1-2H3/t8?,11-,12+/m0/s1. The molecule has 1 aromatic rings. The van der Waals surface area contributed by atoms with Crippen molar-refractivity contribution in [3.05, 3.63) is 33.3 Å². The number of benzene rings is 1. The van der Waals surface area contributed by atoms with Crippen molar-refractivity contribution in [2.75, 3.05) is 13.1 Å². The zero-order valence-corrected chi connectivity index (χ0v) is 10.8. The SMILES string of the molecule is Cc1cc2c(cc1Br)[C@H]1CNC[C@H]1C2C. The molecule has 3 rings (SSSR count). The topological polar surface area (TPSA) is 12.0 Å². The molecule has 0 radical (unpaired) electrons. The van der Waals surface area contributed by atoms with E-state index in [0.717, 1.165) is 24.3 Å². The average Bonchev–Trinajstić information content (AvgIpc) is 2.75. The summed E-state index contributed by atoms with van der Waals surface area (Å²) in [7, 11) is 0. The Kier molecular flexibility index (Phi) is 2.18. The summed E-state index contributed by atoms with van der Waals surface area (Å²) in [4.78, 5) is 0. The highest BCUT2D eigenvalue weighted by Crippen LogP contribution is 2.49. The predicted octanol–water partition coefficient (Wildman–Crippen LogP) is 3.18. The summed E-state index contributed by atoms with van der Waals surface area (Å²) in [6, 6.07) is 4.72. The molecule has 0 amide bonds. The Morgan fingerprint density at radius 3 is 2.87 bits per heavy atom. The molecule has 1 N–H and O–H groups in total. The minimum Gasteiger partial charge on any atom is -0.316 e. The van der Waals surface area contributed by atoms with Gasteiger partial charge in [0.25, 0.3) is 0 Å². The van der Waals surface area contributed by atoms with Crippen molar-refractivity contribution in [3.63, 3.8) is 0 Å². The average molecular weight is 266 g/mol. The fraction of sp³-hybridized carbons (Fsp3) is 0.538. The van der Waals surface area contributed by atoms with Crippen LogP contribution in [0.2, 0.25) is 0 Å². The first kappa shape index (κ1) is 9.86. The summed E-state index contributed by atoms with van der Waals surface area (Å²) in [6.45, 7) is 6.92. The van der Waals surface area contributed by atoms with Crippen LogP contribution in [-0.2, 0) is 0 Å². The molecule has 1 aliphatic carbocycles. The molecular weight excluding hydrogens is 250 g/mol. The minimum absolute atomic E-state index is 0.729. The highest BCUT2D eigenvalue weighted by atomic mass is 79.9. The van der Waals surface area contributed by atoms with E-state index in [1.165, 1.54) is 16.6 Å². The fourth-order valence-electron chi connectivity index (χ4n) is 3.23. The van der Waals surface area contributed by atoms with Crippen molar-refractivity contribution < 1.29 is 0 Å². The quantitative estimate of drug-likeness (QED) is 0.760. The van der Waals surface area contributed by atoms with Crippen LogP contribution in [0.4, 0.5) is 0 Å². The lowest BCUT2D eigenvalue weighted by molar-refractivity contribution is 0.487. The van der Waals surface area contributed by atoms with E-state index >= 15 is 0 Å². The van der Waals surface area contributed by atoms with Crippen molar-refractivity contribution in [1.82, 2.24) is 5.32 Å². The zero-order chi connectivity index (χ0) is 10.6. The van der Waals surface area contributed by atoms with Crippen molar-refractivity contribution >= 4 is 15.9 Å². The van der Waals surface area contributed by atoms with Gasteiger partial charge in [0.15, 0.2) is 0 Å². The van der Waals surface area contributed by atoms with Gasteiger partial charge in [-0.2, -0.15) is 0 Å². The Bertz CT molecular complexity index is 413. The van der Waals surface area contributed by atoms with Gasteiger partial charge in [-0.3, -0.25) is 0 Å². The smallest absolute Gasteiger partial charge is 0.0207 e. The molecule has 3 atom stereocenters. The predicted molar refractivity (Wildman–Crippen MR) is 66.4 cm³/mol. The first-order valence-corrected chi connectivity index (χ1v) is 6.48. The molecule has 0 bridgehead atoms. The van der Waals surface area contributed by atoms with Gasteiger partial charge in [-0.25, -0.2) is 0 Å². The second-order valence-corrected chi connectivity index (χ2v) is 5.80. The van der Waals surface area contributed by atoms with E-state index in [1.54, 1.807) is 11.1 Å². The monoisotopic (exact) mass is 265 g/mol. The molecule has 1 unspecified atom stereocenters. The Labute approximate surface area is 99.4 Å². The van der Waals surface area contributed by atoms with Gasteiger partial charge in [0.2, 0.25) is 0 Å². The first-order chi connectivity index (χ1) is 7.18. The third-order valence-corrected chi connectivity index (χ3v) is 5.01. The summed E-state index contributed by atoms with van der Waals surface area (Å²) in [5.74, 6) is 2.31. The summed E-state index contributed by atoms with van der Waals surface area (Å²) in [5, 5.41) is 3.51. The van der Waals surface area contributed by atoms with Crippen molar-refractivity contribution in [1.29, 1.82) is 0 Å². The lowest BCUT2D eigenvalue weighted by atomic mass is 9.91. The Balaban J connectivity index is 2.15. The number of hydrogen-bond acceptors (Lipinski definition) is 1. The van der Waals surface area contributed by atoms with E-state index in [4.69, 9.17) is 0 Å². The van der Waals surface area contributed by atoms with Gasteiger partial charge in [0.05, 0.1) is 0 Å². The van der Waals surface area contributed by atoms with Gasteiger partial charge >= 0.3 is 0 Å².